The summed E-state index contributed by atoms with van der Waals surface area (Å²) in [5.41, 5.74) is 4.62. The second kappa shape index (κ2) is 10.1. The first-order chi connectivity index (χ1) is 17.0. The van der Waals surface area contributed by atoms with Crippen LogP contribution in [0.1, 0.15) is 84.6 Å². The van der Waals surface area contributed by atoms with Gasteiger partial charge in [0.05, 0.1) is 5.69 Å². The molecular weight excluding hydrogens is 478 g/mol. The molecule has 0 atom stereocenters. The largest absolute Gasteiger partial charge is 0.507 e. The minimum absolute atomic E-state index is 0.0308. The number of amides is 1. The van der Waals surface area contributed by atoms with Gasteiger partial charge >= 0.3 is 0 Å². The number of nitriles is 1. The van der Waals surface area contributed by atoms with Crippen LogP contribution >= 0.6 is 11.3 Å². The summed E-state index contributed by atoms with van der Waals surface area (Å²) in [6.45, 7) is 18.7. The zero-order valence-corrected chi connectivity index (χ0v) is 24.1. The van der Waals surface area contributed by atoms with Crippen molar-refractivity contribution in [1.29, 1.82) is 5.26 Å². The maximum Gasteiger partial charge on any atom is 0.268 e. The van der Waals surface area contributed by atoms with Gasteiger partial charge in [0.2, 0.25) is 0 Å². The molecule has 3 aromatic rings. The Kier molecular flexibility index (Phi) is 7.72. The number of aromatic nitrogens is 1. The van der Waals surface area contributed by atoms with E-state index >= 15 is 0 Å². The van der Waals surface area contributed by atoms with E-state index in [4.69, 9.17) is 0 Å². The Morgan fingerprint density at radius 2 is 1.49 bits per heavy atom. The molecule has 37 heavy (non-hydrogen) atoms. The first-order valence-corrected chi connectivity index (χ1v) is 13.3. The Morgan fingerprint density at radius 3 is 1.95 bits per heavy atom. The van der Waals surface area contributed by atoms with E-state index in [0.29, 0.717) is 10.7 Å². The molecule has 1 amide bonds. The van der Waals surface area contributed by atoms with Crippen molar-refractivity contribution < 1.29 is 9.90 Å². The smallest absolute Gasteiger partial charge is 0.268 e. The molecule has 0 saturated carbocycles. The number of carbonyl (C=O) groups is 1. The highest BCUT2D eigenvalue weighted by Crippen LogP contribution is 2.40. The first-order valence-electron chi connectivity index (χ1n) is 12.4. The Balaban J connectivity index is 1.89. The van der Waals surface area contributed by atoms with Crippen LogP contribution in [0.5, 0.6) is 5.75 Å². The van der Waals surface area contributed by atoms with Crippen molar-refractivity contribution in [3.63, 3.8) is 0 Å². The van der Waals surface area contributed by atoms with Gasteiger partial charge in [0, 0.05) is 22.1 Å². The van der Waals surface area contributed by atoms with Crippen molar-refractivity contribution in [3.05, 3.63) is 69.6 Å². The van der Waals surface area contributed by atoms with Gasteiger partial charge in [0.25, 0.3) is 5.91 Å². The van der Waals surface area contributed by atoms with Crippen LogP contribution in [0.15, 0.2) is 47.4 Å². The van der Waals surface area contributed by atoms with Gasteiger partial charge in [0.15, 0.2) is 5.13 Å². The van der Waals surface area contributed by atoms with E-state index in [2.05, 4.69) is 43.2 Å². The van der Waals surface area contributed by atoms with Gasteiger partial charge in [0.1, 0.15) is 17.4 Å². The van der Waals surface area contributed by atoms with Gasteiger partial charge < -0.3 is 5.11 Å². The van der Waals surface area contributed by atoms with E-state index < -0.39 is 5.91 Å². The molecule has 0 saturated heterocycles. The number of carbonyl (C=O) groups excluding carboxylic acids is 1. The number of anilines is 1. The highest BCUT2D eigenvalue weighted by atomic mass is 32.1. The number of hydrogen-bond acceptors (Lipinski definition) is 5. The van der Waals surface area contributed by atoms with Crippen LogP contribution in [0.4, 0.5) is 5.13 Å². The molecule has 1 aromatic heterocycles. The Labute approximate surface area is 224 Å². The second-order valence-electron chi connectivity index (χ2n) is 12.5. The predicted molar refractivity (Wildman–Crippen MR) is 154 cm³/mol. The quantitative estimate of drug-likeness (QED) is 0.273. The van der Waals surface area contributed by atoms with E-state index in [1.165, 1.54) is 16.9 Å². The van der Waals surface area contributed by atoms with Crippen molar-refractivity contribution in [1.82, 2.24) is 4.98 Å². The van der Waals surface area contributed by atoms with Crippen molar-refractivity contribution in [3.8, 4) is 23.1 Å². The molecule has 0 aliphatic rings. The van der Waals surface area contributed by atoms with Gasteiger partial charge in [-0.2, -0.15) is 5.26 Å². The number of benzene rings is 2. The summed E-state index contributed by atoms with van der Waals surface area (Å²) >= 11 is 1.32. The van der Waals surface area contributed by atoms with E-state index in [9.17, 15) is 15.2 Å². The highest BCUT2D eigenvalue weighted by Gasteiger charge is 2.26. The zero-order chi connectivity index (χ0) is 27.8. The van der Waals surface area contributed by atoms with Gasteiger partial charge in [-0.3, -0.25) is 10.1 Å². The third kappa shape index (κ3) is 6.67. The third-order valence-corrected chi connectivity index (χ3v) is 6.95. The Bertz CT molecular complexity index is 1340. The number of phenolic OH excluding ortho intramolecular Hbond substituents is 1. The van der Waals surface area contributed by atoms with Gasteiger partial charge in [-0.05, 0) is 45.6 Å². The summed E-state index contributed by atoms with van der Waals surface area (Å²) in [5.74, 6) is -0.264. The summed E-state index contributed by atoms with van der Waals surface area (Å²) in [6.07, 6.45) is 1.57. The first kappa shape index (κ1) is 28.1. The van der Waals surface area contributed by atoms with Gasteiger partial charge in [-0.25, -0.2) is 4.98 Å². The van der Waals surface area contributed by atoms with Crippen LogP contribution in [0.2, 0.25) is 0 Å². The lowest BCUT2D eigenvalue weighted by Gasteiger charge is -2.28. The van der Waals surface area contributed by atoms with Crippen LogP contribution in [0.3, 0.4) is 0 Å². The fourth-order valence-electron chi connectivity index (χ4n) is 3.97. The summed E-state index contributed by atoms with van der Waals surface area (Å²) < 4.78 is 0. The van der Waals surface area contributed by atoms with Crippen LogP contribution in [-0.4, -0.2) is 16.0 Å². The van der Waals surface area contributed by atoms with E-state index in [0.717, 1.165) is 22.4 Å². The summed E-state index contributed by atoms with van der Waals surface area (Å²) in [6, 6.07) is 14.0. The molecule has 0 aliphatic heterocycles. The fraction of sp³-hybridized carbons (Fsp3) is 0.387. The summed E-state index contributed by atoms with van der Waals surface area (Å²) in [5, 5.41) is 25.8. The Morgan fingerprint density at radius 1 is 0.946 bits per heavy atom. The van der Waals surface area contributed by atoms with Gasteiger partial charge in [-0.15, -0.1) is 11.3 Å². The molecule has 2 N–H and O–H groups in total. The third-order valence-electron chi connectivity index (χ3n) is 6.20. The molecule has 0 radical (unpaired) electrons. The number of phenols is 1. The standard InChI is InChI=1S/C31H37N3O2S/c1-29(2,3)22-12-10-20(11-13-22)25-18-37-28(33-25)34-27(36)21(17-32)14-19-15-23(30(4,5)6)26(35)24(16-19)31(7,8)9/h10-16,18,35H,1-9H3,(H,33,34,36)/b21-14+. The normalized spacial score (nSPS) is 12.8. The van der Waals surface area contributed by atoms with Gasteiger partial charge in [-0.1, -0.05) is 86.6 Å². The molecule has 1 heterocycles. The maximum atomic E-state index is 13.0. The van der Waals surface area contributed by atoms with E-state index in [1.54, 1.807) is 6.08 Å². The Hall–Kier alpha value is -3.43. The minimum Gasteiger partial charge on any atom is -0.507 e. The lowest BCUT2D eigenvalue weighted by molar-refractivity contribution is -0.112. The molecule has 0 unspecified atom stereocenters. The average molecular weight is 516 g/mol. The summed E-state index contributed by atoms with van der Waals surface area (Å²) in [7, 11) is 0. The summed E-state index contributed by atoms with van der Waals surface area (Å²) in [4.78, 5) is 17.6. The molecular formula is C31H37N3O2S. The fourth-order valence-corrected chi connectivity index (χ4v) is 4.68. The molecule has 194 valence electrons. The molecule has 2 aromatic carbocycles. The molecule has 0 bridgehead atoms. The predicted octanol–water partition coefficient (Wildman–Crippen LogP) is 7.95. The van der Waals surface area contributed by atoms with Crippen molar-refractivity contribution in [2.24, 2.45) is 0 Å². The molecule has 0 spiro atoms. The zero-order valence-electron chi connectivity index (χ0n) is 23.3. The molecule has 6 heteroatoms. The highest BCUT2D eigenvalue weighted by molar-refractivity contribution is 7.14. The van der Waals surface area contributed by atoms with Crippen molar-refractivity contribution in [2.75, 3.05) is 5.32 Å². The van der Waals surface area contributed by atoms with Crippen LogP contribution in [-0.2, 0) is 21.0 Å². The molecule has 0 fully saturated rings. The average Bonchev–Trinajstić information content (AvgIpc) is 3.24. The molecule has 5 nitrogen and oxygen atoms in total. The lowest BCUT2D eigenvalue weighted by Crippen LogP contribution is -2.18. The van der Waals surface area contributed by atoms with Crippen LogP contribution in [0.25, 0.3) is 17.3 Å². The number of nitrogens with one attached hydrogen (secondary N) is 1. The topological polar surface area (TPSA) is 86.0 Å². The second-order valence-corrected chi connectivity index (χ2v) is 13.3. The lowest BCUT2D eigenvalue weighted by atomic mass is 9.78. The number of hydrogen-bond donors (Lipinski definition) is 2. The minimum atomic E-state index is -0.519. The number of thiazole rings is 1. The van der Waals surface area contributed by atoms with Crippen molar-refractivity contribution in [2.45, 2.75) is 78.6 Å². The number of rotatable bonds is 4. The SMILES string of the molecule is CC(C)(C)c1ccc(-c2csc(NC(=O)/C(C#N)=C/c3cc(C(C)(C)C)c(O)c(C(C)(C)C)c3)n2)cc1. The monoisotopic (exact) mass is 515 g/mol. The van der Waals surface area contributed by atoms with Crippen molar-refractivity contribution >= 4 is 28.5 Å². The van der Waals surface area contributed by atoms with Crippen LogP contribution < -0.4 is 5.32 Å². The van der Waals surface area contributed by atoms with E-state index in [1.807, 2.05) is 77.3 Å². The number of nitrogens with zero attached hydrogens (tertiary/aromatic N) is 2. The molecule has 3 rings (SSSR count). The maximum absolute atomic E-state index is 13.0. The van der Waals surface area contributed by atoms with Crippen LogP contribution in [0, 0.1) is 11.3 Å². The number of aromatic hydroxyl groups is 1. The molecule has 0 aliphatic carbocycles. The van der Waals surface area contributed by atoms with E-state index in [-0.39, 0.29) is 27.6 Å².